The minimum absolute atomic E-state index is 0.267. The number of rotatable bonds is 3. The first-order valence-electron chi connectivity index (χ1n) is 4.94. The number of nitrogens with one attached hydrogen (secondary N) is 1. The van der Waals surface area contributed by atoms with Crippen molar-refractivity contribution in [3.8, 4) is 11.5 Å². The Kier molecular flexibility index (Phi) is 2.96. The van der Waals surface area contributed by atoms with E-state index >= 15 is 0 Å². The molecule has 0 aliphatic carbocycles. The van der Waals surface area contributed by atoms with Gasteiger partial charge in [-0.3, -0.25) is 0 Å². The molecule has 4 nitrogen and oxygen atoms in total. The molecular formula is C11H12FN3O. The van der Waals surface area contributed by atoms with E-state index < -0.39 is 0 Å². The van der Waals surface area contributed by atoms with E-state index in [1.54, 1.807) is 20.0 Å². The van der Waals surface area contributed by atoms with Gasteiger partial charge in [-0.25, -0.2) is 4.39 Å². The summed E-state index contributed by atoms with van der Waals surface area (Å²) in [6, 6.07) is 4.46. The predicted molar refractivity (Wildman–Crippen MR) is 57.2 cm³/mol. The third-order valence-corrected chi connectivity index (χ3v) is 2.22. The van der Waals surface area contributed by atoms with Crippen molar-refractivity contribution >= 4 is 0 Å². The Morgan fingerprint density at radius 2 is 2.25 bits per heavy atom. The summed E-state index contributed by atoms with van der Waals surface area (Å²) < 4.78 is 18.0. The highest BCUT2D eigenvalue weighted by atomic mass is 19.1. The van der Waals surface area contributed by atoms with Gasteiger partial charge in [0.25, 0.3) is 5.89 Å². The van der Waals surface area contributed by atoms with E-state index in [2.05, 4.69) is 15.5 Å². The maximum atomic E-state index is 12.9. The van der Waals surface area contributed by atoms with E-state index in [0.717, 1.165) is 11.1 Å². The van der Waals surface area contributed by atoms with Crippen LogP contribution in [0.2, 0.25) is 0 Å². The molecule has 0 amide bonds. The smallest absolute Gasteiger partial charge is 0.258 e. The monoisotopic (exact) mass is 221 g/mol. The van der Waals surface area contributed by atoms with E-state index in [1.165, 1.54) is 12.1 Å². The minimum atomic E-state index is -0.267. The van der Waals surface area contributed by atoms with Crippen LogP contribution in [0, 0.1) is 12.7 Å². The normalized spacial score (nSPS) is 10.7. The average molecular weight is 221 g/mol. The van der Waals surface area contributed by atoms with E-state index in [-0.39, 0.29) is 5.82 Å². The highest BCUT2D eigenvalue weighted by Crippen LogP contribution is 2.22. The van der Waals surface area contributed by atoms with Gasteiger partial charge in [0, 0.05) is 5.56 Å². The van der Waals surface area contributed by atoms with Crippen LogP contribution < -0.4 is 5.32 Å². The lowest BCUT2D eigenvalue weighted by Gasteiger charge is -1.99. The average Bonchev–Trinajstić information content (AvgIpc) is 2.67. The fourth-order valence-corrected chi connectivity index (χ4v) is 1.46. The standard InChI is InChI=1S/C11H12FN3O/c1-7-5-8(12)3-4-9(7)11-14-10(6-13-2)15-16-11/h3-5,13H,6H2,1-2H3. The molecule has 1 aromatic heterocycles. The Hall–Kier alpha value is -1.75. The summed E-state index contributed by atoms with van der Waals surface area (Å²) in [5.74, 6) is 0.736. The highest BCUT2D eigenvalue weighted by Gasteiger charge is 2.10. The second-order valence-corrected chi connectivity index (χ2v) is 3.51. The second kappa shape index (κ2) is 4.40. The third kappa shape index (κ3) is 2.09. The quantitative estimate of drug-likeness (QED) is 0.860. The minimum Gasteiger partial charge on any atom is -0.334 e. The molecule has 0 bridgehead atoms. The van der Waals surface area contributed by atoms with Crippen LogP contribution in [0.1, 0.15) is 11.4 Å². The lowest BCUT2D eigenvalue weighted by atomic mass is 10.1. The molecule has 0 radical (unpaired) electrons. The molecule has 1 aromatic carbocycles. The Bertz CT molecular complexity index is 496. The number of aryl methyl sites for hydroxylation is 1. The summed E-state index contributed by atoms with van der Waals surface area (Å²) in [5.41, 5.74) is 1.54. The van der Waals surface area contributed by atoms with Gasteiger partial charge in [0.05, 0.1) is 6.54 Å². The maximum Gasteiger partial charge on any atom is 0.258 e. The molecule has 0 spiro atoms. The van der Waals surface area contributed by atoms with E-state index in [1.807, 2.05) is 0 Å². The zero-order chi connectivity index (χ0) is 11.5. The van der Waals surface area contributed by atoms with Crippen LogP contribution >= 0.6 is 0 Å². The molecule has 0 saturated carbocycles. The molecule has 0 atom stereocenters. The number of hydrogen-bond donors (Lipinski definition) is 1. The van der Waals surface area contributed by atoms with Gasteiger partial charge in [-0.15, -0.1) is 0 Å². The van der Waals surface area contributed by atoms with Gasteiger partial charge >= 0.3 is 0 Å². The van der Waals surface area contributed by atoms with E-state index in [4.69, 9.17) is 4.52 Å². The molecule has 5 heteroatoms. The molecule has 2 rings (SSSR count). The Labute approximate surface area is 92.5 Å². The van der Waals surface area contributed by atoms with Gasteiger partial charge in [-0.2, -0.15) is 4.98 Å². The fourth-order valence-electron chi connectivity index (χ4n) is 1.46. The number of aromatic nitrogens is 2. The van der Waals surface area contributed by atoms with Crippen molar-refractivity contribution in [3.05, 3.63) is 35.4 Å². The molecule has 0 aliphatic rings. The Morgan fingerprint density at radius 1 is 1.44 bits per heavy atom. The third-order valence-electron chi connectivity index (χ3n) is 2.22. The Balaban J connectivity index is 2.35. The van der Waals surface area contributed by atoms with Crippen LogP contribution in [-0.4, -0.2) is 17.2 Å². The first kappa shape index (κ1) is 10.8. The fraction of sp³-hybridized carbons (Fsp3) is 0.273. The van der Waals surface area contributed by atoms with Crippen molar-refractivity contribution in [1.82, 2.24) is 15.5 Å². The number of hydrogen-bond acceptors (Lipinski definition) is 4. The highest BCUT2D eigenvalue weighted by molar-refractivity contribution is 5.57. The lowest BCUT2D eigenvalue weighted by Crippen LogP contribution is -2.06. The molecular weight excluding hydrogens is 209 g/mol. The SMILES string of the molecule is CNCc1noc(-c2ccc(F)cc2C)n1. The van der Waals surface area contributed by atoms with Gasteiger partial charge in [0.2, 0.25) is 0 Å². The predicted octanol–water partition coefficient (Wildman–Crippen LogP) is 1.90. The summed E-state index contributed by atoms with van der Waals surface area (Å²) >= 11 is 0. The summed E-state index contributed by atoms with van der Waals surface area (Å²) in [6.45, 7) is 2.35. The van der Waals surface area contributed by atoms with Crippen LogP contribution in [0.15, 0.2) is 22.7 Å². The van der Waals surface area contributed by atoms with Crippen molar-refractivity contribution in [3.63, 3.8) is 0 Å². The maximum absolute atomic E-state index is 12.9. The second-order valence-electron chi connectivity index (χ2n) is 3.51. The molecule has 84 valence electrons. The van der Waals surface area contributed by atoms with Gasteiger partial charge < -0.3 is 9.84 Å². The van der Waals surface area contributed by atoms with E-state index in [0.29, 0.717) is 18.3 Å². The number of benzene rings is 1. The van der Waals surface area contributed by atoms with Gasteiger partial charge in [-0.05, 0) is 37.7 Å². The summed E-state index contributed by atoms with van der Waals surface area (Å²) in [5, 5.41) is 6.73. The first-order chi connectivity index (χ1) is 7.70. The van der Waals surface area contributed by atoms with Gasteiger partial charge in [-0.1, -0.05) is 5.16 Å². The molecule has 0 fully saturated rings. The molecule has 0 unspecified atom stereocenters. The molecule has 0 saturated heterocycles. The zero-order valence-corrected chi connectivity index (χ0v) is 9.12. The molecule has 1 N–H and O–H groups in total. The van der Waals surface area contributed by atoms with E-state index in [9.17, 15) is 4.39 Å². The Morgan fingerprint density at radius 3 is 2.94 bits per heavy atom. The summed E-state index contributed by atoms with van der Waals surface area (Å²) in [4.78, 5) is 4.20. The zero-order valence-electron chi connectivity index (χ0n) is 9.12. The first-order valence-corrected chi connectivity index (χ1v) is 4.94. The largest absolute Gasteiger partial charge is 0.334 e. The summed E-state index contributed by atoms with van der Waals surface area (Å²) in [6.07, 6.45) is 0. The van der Waals surface area contributed by atoms with Crippen LogP contribution in [0.3, 0.4) is 0 Å². The van der Waals surface area contributed by atoms with Crippen LogP contribution in [0.25, 0.3) is 11.5 Å². The molecule has 2 aromatic rings. The topological polar surface area (TPSA) is 51.0 Å². The van der Waals surface area contributed by atoms with Gasteiger partial charge in [0.1, 0.15) is 5.82 Å². The molecule has 0 aliphatic heterocycles. The van der Waals surface area contributed by atoms with Crippen molar-refractivity contribution in [1.29, 1.82) is 0 Å². The van der Waals surface area contributed by atoms with Crippen molar-refractivity contribution in [2.45, 2.75) is 13.5 Å². The molecule has 16 heavy (non-hydrogen) atoms. The van der Waals surface area contributed by atoms with Crippen LogP contribution in [0.4, 0.5) is 4.39 Å². The number of halogens is 1. The summed E-state index contributed by atoms with van der Waals surface area (Å²) in [7, 11) is 1.80. The molecule has 1 heterocycles. The number of nitrogens with zero attached hydrogens (tertiary/aromatic N) is 2. The van der Waals surface area contributed by atoms with Crippen molar-refractivity contribution in [2.24, 2.45) is 0 Å². The van der Waals surface area contributed by atoms with Gasteiger partial charge in [0.15, 0.2) is 5.82 Å². The van der Waals surface area contributed by atoms with Crippen LogP contribution in [-0.2, 0) is 6.54 Å². The van der Waals surface area contributed by atoms with Crippen molar-refractivity contribution < 1.29 is 8.91 Å². The van der Waals surface area contributed by atoms with Crippen molar-refractivity contribution in [2.75, 3.05) is 7.05 Å². The van der Waals surface area contributed by atoms with Crippen LogP contribution in [0.5, 0.6) is 0 Å². The lowest BCUT2D eigenvalue weighted by molar-refractivity contribution is 0.420.